The van der Waals surface area contributed by atoms with Crippen LogP contribution in [0.3, 0.4) is 0 Å². The molecule has 0 saturated carbocycles. The number of anilines is 1. The van der Waals surface area contributed by atoms with Gasteiger partial charge in [0, 0.05) is 46.2 Å². The molecule has 1 aromatic rings. The molecule has 1 aromatic heterocycles. The maximum Gasteiger partial charge on any atom is 0.225 e. The molecule has 0 saturated heterocycles. The number of hydrogen-bond acceptors (Lipinski definition) is 6. The lowest BCUT2D eigenvalue weighted by Gasteiger charge is -2.23. The molecular formula is C13H24N4O2. The average Bonchev–Trinajstić information content (AvgIpc) is 2.42. The van der Waals surface area contributed by atoms with Gasteiger partial charge in [-0.3, -0.25) is 0 Å². The van der Waals surface area contributed by atoms with Crippen molar-refractivity contribution in [2.75, 3.05) is 45.4 Å². The van der Waals surface area contributed by atoms with E-state index in [0.29, 0.717) is 19.1 Å². The van der Waals surface area contributed by atoms with Gasteiger partial charge in [0.25, 0.3) is 0 Å². The monoisotopic (exact) mass is 268 g/mol. The van der Waals surface area contributed by atoms with Crippen molar-refractivity contribution in [3.63, 3.8) is 0 Å². The molecule has 6 nitrogen and oxygen atoms in total. The third kappa shape index (κ3) is 5.50. The van der Waals surface area contributed by atoms with E-state index in [-0.39, 0.29) is 0 Å². The molecule has 0 aromatic carbocycles. The first kappa shape index (κ1) is 15.8. The van der Waals surface area contributed by atoms with Crippen LogP contribution in [0.15, 0.2) is 6.07 Å². The van der Waals surface area contributed by atoms with Crippen LogP contribution in [0.4, 0.5) is 5.95 Å². The fraction of sp³-hybridized carbons (Fsp3) is 0.692. The highest BCUT2D eigenvalue weighted by atomic mass is 16.5. The lowest BCUT2D eigenvalue weighted by molar-refractivity contribution is 0.190. The summed E-state index contributed by atoms with van der Waals surface area (Å²) in [5, 5.41) is 0. The van der Waals surface area contributed by atoms with Crippen LogP contribution in [-0.4, -0.2) is 50.5 Å². The van der Waals surface area contributed by atoms with E-state index in [1.165, 1.54) is 0 Å². The maximum absolute atomic E-state index is 5.66. The molecule has 2 N–H and O–H groups in total. The second-order valence-electron chi connectivity index (χ2n) is 4.33. The Morgan fingerprint density at radius 3 is 2.53 bits per heavy atom. The van der Waals surface area contributed by atoms with Crippen molar-refractivity contribution >= 4 is 5.95 Å². The Balaban J connectivity index is 2.79. The van der Waals surface area contributed by atoms with Gasteiger partial charge in [-0.15, -0.1) is 0 Å². The molecule has 0 aliphatic heterocycles. The highest BCUT2D eigenvalue weighted by Crippen LogP contribution is 2.10. The van der Waals surface area contributed by atoms with Gasteiger partial charge < -0.3 is 20.1 Å². The summed E-state index contributed by atoms with van der Waals surface area (Å²) in [4.78, 5) is 11.1. The van der Waals surface area contributed by atoms with E-state index in [4.69, 9.17) is 15.2 Å². The van der Waals surface area contributed by atoms with Gasteiger partial charge in [0.1, 0.15) is 0 Å². The number of aromatic nitrogens is 2. The highest BCUT2D eigenvalue weighted by molar-refractivity contribution is 5.32. The molecule has 0 aliphatic rings. The molecule has 0 bridgehead atoms. The van der Waals surface area contributed by atoms with E-state index >= 15 is 0 Å². The van der Waals surface area contributed by atoms with Gasteiger partial charge in [0.05, 0.1) is 12.3 Å². The molecule has 0 aliphatic carbocycles. The average molecular weight is 268 g/mol. The summed E-state index contributed by atoms with van der Waals surface area (Å²) in [7, 11) is 3.39. The fourth-order valence-corrected chi connectivity index (χ4v) is 1.78. The largest absolute Gasteiger partial charge is 0.385 e. The number of nitrogens with zero attached hydrogens (tertiary/aromatic N) is 3. The normalized spacial score (nSPS) is 10.7. The summed E-state index contributed by atoms with van der Waals surface area (Å²) in [6, 6.07) is 1.91. The minimum Gasteiger partial charge on any atom is -0.385 e. The molecule has 0 atom stereocenters. The third-order valence-electron chi connectivity index (χ3n) is 2.73. The first-order chi connectivity index (χ1) is 9.21. The van der Waals surface area contributed by atoms with Gasteiger partial charge in [-0.2, -0.15) is 0 Å². The third-order valence-corrected chi connectivity index (χ3v) is 2.73. The topological polar surface area (TPSA) is 73.5 Å². The number of ether oxygens (including phenoxy) is 2. The zero-order chi connectivity index (χ0) is 14.1. The second kappa shape index (κ2) is 8.79. The SMILES string of the molecule is COCCCN(CCOC)c1nc(C)cc(CN)n1. The molecular weight excluding hydrogens is 244 g/mol. The van der Waals surface area contributed by atoms with Crippen LogP contribution in [0, 0.1) is 6.92 Å². The van der Waals surface area contributed by atoms with Crippen LogP contribution in [0.2, 0.25) is 0 Å². The minimum absolute atomic E-state index is 0.423. The molecule has 1 heterocycles. The Morgan fingerprint density at radius 2 is 1.89 bits per heavy atom. The molecule has 0 unspecified atom stereocenters. The van der Waals surface area contributed by atoms with E-state index in [2.05, 4.69) is 14.9 Å². The van der Waals surface area contributed by atoms with Crippen LogP contribution >= 0.6 is 0 Å². The number of methoxy groups -OCH3 is 2. The highest BCUT2D eigenvalue weighted by Gasteiger charge is 2.11. The van der Waals surface area contributed by atoms with E-state index in [9.17, 15) is 0 Å². The van der Waals surface area contributed by atoms with Crippen LogP contribution in [0.1, 0.15) is 17.8 Å². The Hall–Kier alpha value is -1.24. The van der Waals surface area contributed by atoms with Gasteiger partial charge in [-0.05, 0) is 19.4 Å². The van der Waals surface area contributed by atoms with E-state index < -0.39 is 0 Å². The van der Waals surface area contributed by atoms with E-state index in [0.717, 1.165) is 37.5 Å². The first-order valence-corrected chi connectivity index (χ1v) is 6.48. The Labute approximate surface area is 114 Å². The lowest BCUT2D eigenvalue weighted by atomic mass is 10.3. The smallest absolute Gasteiger partial charge is 0.225 e. The molecule has 6 heteroatoms. The van der Waals surface area contributed by atoms with Gasteiger partial charge in [-0.25, -0.2) is 9.97 Å². The fourth-order valence-electron chi connectivity index (χ4n) is 1.78. The Morgan fingerprint density at radius 1 is 1.16 bits per heavy atom. The molecule has 0 spiro atoms. The molecule has 0 amide bonds. The van der Waals surface area contributed by atoms with Gasteiger partial charge >= 0.3 is 0 Å². The van der Waals surface area contributed by atoms with E-state index in [1.807, 2.05) is 13.0 Å². The number of hydrogen-bond donors (Lipinski definition) is 1. The van der Waals surface area contributed by atoms with Crippen molar-refractivity contribution in [3.8, 4) is 0 Å². The standard InChI is InChI=1S/C13H24N4O2/c1-11-9-12(10-14)16-13(15-11)17(6-8-19-3)5-4-7-18-2/h9H,4-8,10,14H2,1-3H3. The zero-order valence-electron chi connectivity index (χ0n) is 12.1. The lowest BCUT2D eigenvalue weighted by Crippen LogP contribution is -2.31. The van der Waals surface area contributed by atoms with Crippen molar-refractivity contribution in [2.24, 2.45) is 5.73 Å². The summed E-state index contributed by atoms with van der Waals surface area (Å²) in [5.41, 5.74) is 7.44. The van der Waals surface area contributed by atoms with Gasteiger partial charge in [0.15, 0.2) is 0 Å². The van der Waals surface area contributed by atoms with Crippen molar-refractivity contribution in [1.29, 1.82) is 0 Å². The first-order valence-electron chi connectivity index (χ1n) is 6.48. The predicted molar refractivity (Wildman–Crippen MR) is 75.2 cm³/mol. The van der Waals surface area contributed by atoms with Crippen molar-refractivity contribution in [3.05, 3.63) is 17.5 Å². The molecule has 19 heavy (non-hydrogen) atoms. The summed E-state index contributed by atoms with van der Waals surface area (Å²) in [6.45, 7) is 5.33. The van der Waals surface area contributed by atoms with E-state index in [1.54, 1.807) is 14.2 Å². The second-order valence-corrected chi connectivity index (χ2v) is 4.33. The van der Waals surface area contributed by atoms with Crippen LogP contribution in [-0.2, 0) is 16.0 Å². The summed E-state index contributed by atoms with van der Waals surface area (Å²) >= 11 is 0. The summed E-state index contributed by atoms with van der Waals surface area (Å²) < 4.78 is 10.2. The van der Waals surface area contributed by atoms with Gasteiger partial charge in [-0.1, -0.05) is 0 Å². The number of nitrogens with two attached hydrogens (primary N) is 1. The zero-order valence-corrected chi connectivity index (χ0v) is 12.1. The molecule has 1 rings (SSSR count). The van der Waals surface area contributed by atoms with Crippen LogP contribution < -0.4 is 10.6 Å². The van der Waals surface area contributed by atoms with Crippen LogP contribution in [0.5, 0.6) is 0 Å². The number of rotatable bonds is 9. The van der Waals surface area contributed by atoms with Crippen molar-refractivity contribution in [2.45, 2.75) is 19.9 Å². The summed E-state index contributed by atoms with van der Waals surface area (Å²) in [6.07, 6.45) is 0.926. The Kier molecular flexibility index (Phi) is 7.32. The van der Waals surface area contributed by atoms with Crippen LogP contribution in [0.25, 0.3) is 0 Å². The molecule has 108 valence electrons. The Bertz CT molecular complexity index is 374. The maximum atomic E-state index is 5.66. The van der Waals surface area contributed by atoms with Gasteiger partial charge in [0.2, 0.25) is 5.95 Å². The van der Waals surface area contributed by atoms with Crippen molar-refractivity contribution < 1.29 is 9.47 Å². The molecule has 0 fully saturated rings. The number of aryl methyl sites for hydroxylation is 1. The summed E-state index contributed by atoms with van der Waals surface area (Å²) in [5.74, 6) is 0.716. The predicted octanol–water partition coefficient (Wildman–Crippen LogP) is 0.733. The van der Waals surface area contributed by atoms with Crippen molar-refractivity contribution in [1.82, 2.24) is 9.97 Å². The quantitative estimate of drug-likeness (QED) is 0.666. The minimum atomic E-state index is 0.423. The molecule has 0 radical (unpaired) electrons.